The standard InChI is InChI=1S/C11H17NS2/c1-10(12-6-3-2-4-7-12)14-11-5-8-13-9-11/h5,8-10H,2-4,6-7H2,1H3/t10-/m0/s1. The van der Waals surface area contributed by atoms with Crippen LogP contribution < -0.4 is 0 Å². The maximum absolute atomic E-state index is 2.60. The van der Waals surface area contributed by atoms with Crippen molar-refractivity contribution in [1.82, 2.24) is 4.90 Å². The van der Waals surface area contributed by atoms with E-state index in [2.05, 4.69) is 28.7 Å². The van der Waals surface area contributed by atoms with Gasteiger partial charge in [0.1, 0.15) is 0 Å². The van der Waals surface area contributed by atoms with Crippen molar-refractivity contribution >= 4 is 23.1 Å². The highest BCUT2D eigenvalue weighted by atomic mass is 32.2. The third-order valence-electron chi connectivity index (χ3n) is 2.71. The predicted octanol–water partition coefficient (Wildman–Crippen LogP) is 3.67. The van der Waals surface area contributed by atoms with E-state index in [4.69, 9.17) is 0 Å². The molecule has 0 spiro atoms. The first-order valence-electron chi connectivity index (χ1n) is 5.29. The van der Waals surface area contributed by atoms with Gasteiger partial charge in [0.2, 0.25) is 0 Å². The molecule has 0 N–H and O–H groups in total. The van der Waals surface area contributed by atoms with E-state index in [-0.39, 0.29) is 0 Å². The lowest BCUT2D eigenvalue weighted by atomic mass is 10.1. The minimum absolute atomic E-state index is 0.643. The summed E-state index contributed by atoms with van der Waals surface area (Å²) in [7, 11) is 0. The van der Waals surface area contributed by atoms with Crippen LogP contribution in [-0.2, 0) is 0 Å². The molecule has 14 heavy (non-hydrogen) atoms. The van der Waals surface area contributed by atoms with Crippen LogP contribution in [0.1, 0.15) is 26.2 Å². The van der Waals surface area contributed by atoms with Crippen molar-refractivity contribution < 1.29 is 0 Å². The average Bonchev–Trinajstić information content (AvgIpc) is 2.72. The van der Waals surface area contributed by atoms with Gasteiger partial charge < -0.3 is 0 Å². The van der Waals surface area contributed by atoms with Gasteiger partial charge in [-0.25, -0.2) is 0 Å². The molecule has 1 nitrogen and oxygen atoms in total. The van der Waals surface area contributed by atoms with Crippen molar-refractivity contribution in [3.05, 3.63) is 16.8 Å². The highest BCUT2D eigenvalue weighted by Gasteiger charge is 2.17. The van der Waals surface area contributed by atoms with Gasteiger partial charge in [-0.1, -0.05) is 6.42 Å². The number of piperidine rings is 1. The monoisotopic (exact) mass is 227 g/mol. The second-order valence-electron chi connectivity index (χ2n) is 3.77. The van der Waals surface area contributed by atoms with E-state index in [0.717, 1.165) is 0 Å². The third-order valence-corrected chi connectivity index (χ3v) is 4.70. The summed E-state index contributed by atoms with van der Waals surface area (Å²) in [4.78, 5) is 4.03. The Morgan fingerprint density at radius 1 is 1.36 bits per heavy atom. The Morgan fingerprint density at radius 2 is 2.14 bits per heavy atom. The van der Waals surface area contributed by atoms with E-state index in [1.165, 1.54) is 37.2 Å². The molecular formula is C11H17NS2. The molecule has 0 aliphatic carbocycles. The quantitative estimate of drug-likeness (QED) is 0.725. The minimum Gasteiger partial charge on any atom is -0.291 e. The van der Waals surface area contributed by atoms with Crippen LogP contribution in [0.25, 0.3) is 0 Å². The van der Waals surface area contributed by atoms with Gasteiger partial charge in [0.15, 0.2) is 0 Å². The summed E-state index contributed by atoms with van der Waals surface area (Å²) in [6.07, 6.45) is 4.19. The topological polar surface area (TPSA) is 3.24 Å². The Kier molecular flexibility index (Phi) is 3.90. The Balaban J connectivity index is 1.85. The lowest BCUT2D eigenvalue weighted by Crippen LogP contribution is -2.35. The smallest absolute Gasteiger partial charge is 0.0576 e. The number of hydrogen-bond acceptors (Lipinski definition) is 3. The van der Waals surface area contributed by atoms with Crippen LogP contribution in [0.4, 0.5) is 0 Å². The van der Waals surface area contributed by atoms with Crippen LogP contribution in [0, 0.1) is 0 Å². The summed E-state index contributed by atoms with van der Waals surface area (Å²) in [6.45, 7) is 4.91. The van der Waals surface area contributed by atoms with Crippen LogP contribution in [0.5, 0.6) is 0 Å². The molecule has 1 fully saturated rings. The van der Waals surface area contributed by atoms with Gasteiger partial charge in [-0.05, 0) is 44.3 Å². The molecule has 0 radical (unpaired) electrons. The SMILES string of the molecule is C[C@H](Sc1ccsc1)N1CCCCC1. The van der Waals surface area contributed by atoms with Gasteiger partial charge in [-0.15, -0.1) is 11.8 Å². The van der Waals surface area contributed by atoms with Crippen molar-refractivity contribution in [3.63, 3.8) is 0 Å². The second-order valence-corrected chi connectivity index (χ2v) is 5.94. The first-order valence-corrected chi connectivity index (χ1v) is 7.11. The lowest BCUT2D eigenvalue weighted by molar-refractivity contribution is 0.222. The Hall–Kier alpha value is 0.01000. The fraction of sp³-hybridized carbons (Fsp3) is 0.636. The van der Waals surface area contributed by atoms with E-state index in [1.807, 2.05) is 11.8 Å². The number of nitrogens with zero attached hydrogens (tertiary/aromatic N) is 1. The first-order chi connectivity index (χ1) is 6.86. The summed E-state index contributed by atoms with van der Waals surface area (Å²) in [5, 5.41) is 5.04. The van der Waals surface area contributed by atoms with Gasteiger partial charge >= 0.3 is 0 Å². The van der Waals surface area contributed by atoms with Crippen LogP contribution in [0.3, 0.4) is 0 Å². The van der Waals surface area contributed by atoms with E-state index < -0.39 is 0 Å². The molecule has 1 aliphatic heterocycles. The van der Waals surface area contributed by atoms with E-state index in [9.17, 15) is 0 Å². The van der Waals surface area contributed by atoms with Crippen molar-refractivity contribution in [2.75, 3.05) is 13.1 Å². The number of rotatable bonds is 3. The predicted molar refractivity (Wildman–Crippen MR) is 65.1 cm³/mol. The molecule has 1 atom stereocenters. The number of hydrogen-bond donors (Lipinski definition) is 0. The molecule has 1 aromatic heterocycles. The molecule has 0 aromatic carbocycles. The zero-order valence-corrected chi connectivity index (χ0v) is 10.2. The van der Waals surface area contributed by atoms with Crippen LogP contribution in [-0.4, -0.2) is 23.4 Å². The molecular weight excluding hydrogens is 210 g/mol. The van der Waals surface area contributed by atoms with Crippen LogP contribution in [0.2, 0.25) is 0 Å². The normalized spacial score (nSPS) is 20.9. The molecule has 2 rings (SSSR count). The van der Waals surface area contributed by atoms with Crippen molar-refractivity contribution in [1.29, 1.82) is 0 Å². The van der Waals surface area contributed by atoms with Crippen molar-refractivity contribution in [2.24, 2.45) is 0 Å². The van der Waals surface area contributed by atoms with Crippen LogP contribution >= 0.6 is 23.1 Å². The summed E-state index contributed by atoms with van der Waals surface area (Å²) < 4.78 is 0. The van der Waals surface area contributed by atoms with E-state index >= 15 is 0 Å². The molecule has 0 amide bonds. The lowest BCUT2D eigenvalue weighted by Gasteiger charge is -2.31. The van der Waals surface area contributed by atoms with E-state index in [1.54, 1.807) is 11.3 Å². The van der Waals surface area contributed by atoms with Crippen molar-refractivity contribution in [2.45, 2.75) is 36.5 Å². The van der Waals surface area contributed by atoms with Gasteiger partial charge in [0.05, 0.1) is 5.37 Å². The molecule has 3 heteroatoms. The highest BCUT2D eigenvalue weighted by Crippen LogP contribution is 2.28. The number of thiophene rings is 1. The molecule has 0 saturated carbocycles. The third kappa shape index (κ3) is 2.75. The van der Waals surface area contributed by atoms with Gasteiger partial charge in [-0.2, -0.15) is 11.3 Å². The summed E-state index contributed by atoms with van der Waals surface area (Å²) in [5.74, 6) is 0. The Morgan fingerprint density at radius 3 is 2.79 bits per heavy atom. The van der Waals surface area contributed by atoms with E-state index in [0.29, 0.717) is 5.37 Å². The molecule has 78 valence electrons. The molecule has 1 aromatic rings. The average molecular weight is 227 g/mol. The fourth-order valence-corrected chi connectivity index (χ4v) is 3.76. The number of likely N-dealkylation sites (tertiary alicyclic amines) is 1. The zero-order chi connectivity index (χ0) is 9.80. The largest absolute Gasteiger partial charge is 0.291 e. The van der Waals surface area contributed by atoms with Gasteiger partial charge in [0, 0.05) is 10.3 Å². The van der Waals surface area contributed by atoms with Crippen LogP contribution in [0.15, 0.2) is 21.7 Å². The first kappa shape index (κ1) is 10.5. The number of thioether (sulfide) groups is 1. The molecule has 0 unspecified atom stereocenters. The molecule has 1 saturated heterocycles. The Labute approximate surface area is 94.5 Å². The zero-order valence-electron chi connectivity index (χ0n) is 8.61. The highest BCUT2D eigenvalue weighted by molar-refractivity contribution is 8.00. The molecule has 2 heterocycles. The van der Waals surface area contributed by atoms with Gasteiger partial charge in [0.25, 0.3) is 0 Å². The van der Waals surface area contributed by atoms with Crippen molar-refractivity contribution in [3.8, 4) is 0 Å². The maximum Gasteiger partial charge on any atom is 0.0576 e. The fourth-order valence-electron chi connectivity index (χ4n) is 1.87. The molecule has 0 bridgehead atoms. The second kappa shape index (κ2) is 5.19. The maximum atomic E-state index is 2.60. The molecule has 1 aliphatic rings. The van der Waals surface area contributed by atoms with Gasteiger partial charge in [-0.3, -0.25) is 4.90 Å². The minimum atomic E-state index is 0.643. The summed E-state index contributed by atoms with van der Waals surface area (Å²) in [6, 6.07) is 2.22. The summed E-state index contributed by atoms with van der Waals surface area (Å²) in [5.41, 5.74) is 0. The summed E-state index contributed by atoms with van der Waals surface area (Å²) >= 11 is 3.78. The Bertz CT molecular complexity index is 252.